The Bertz CT molecular complexity index is 720. The number of hydrogen-bond acceptors (Lipinski definition) is 5. The molecule has 1 amide bonds. The third kappa shape index (κ3) is 3.78. The minimum atomic E-state index is -0.778. The number of carbonyl (C=O) groups is 1. The summed E-state index contributed by atoms with van der Waals surface area (Å²) >= 11 is 0. The summed E-state index contributed by atoms with van der Waals surface area (Å²) in [7, 11) is 0. The number of nitrogens with one attached hydrogen (secondary N) is 1. The topological polar surface area (TPSA) is 105 Å². The molecule has 2 rings (SSSR count). The van der Waals surface area contributed by atoms with Crippen LogP contribution in [0.25, 0.3) is 0 Å². The summed E-state index contributed by atoms with van der Waals surface area (Å²) in [6.07, 6.45) is -0.778. The van der Waals surface area contributed by atoms with E-state index in [2.05, 4.69) is 5.32 Å². The molecule has 7 heteroatoms. The molecule has 0 unspecified atom stereocenters. The second-order valence-electron chi connectivity index (χ2n) is 3.96. The van der Waals surface area contributed by atoms with Crippen molar-refractivity contribution in [2.24, 2.45) is 0 Å². The average molecular weight is 283 g/mol. The van der Waals surface area contributed by atoms with Crippen molar-refractivity contribution in [1.82, 2.24) is 0 Å². The van der Waals surface area contributed by atoms with Crippen LogP contribution in [0.1, 0.15) is 5.56 Å². The minimum Gasteiger partial charge on any atom is -0.410 e. The van der Waals surface area contributed by atoms with Gasteiger partial charge in [-0.3, -0.25) is 15.4 Å². The van der Waals surface area contributed by atoms with E-state index in [-0.39, 0.29) is 17.1 Å². The molecule has 0 fully saturated rings. The van der Waals surface area contributed by atoms with Crippen LogP contribution >= 0.6 is 0 Å². The number of rotatable bonds is 3. The van der Waals surface area contributed by atoms with Crippen molar-refractivity contribution in [2.45, 2.75) is 0 Å². The molecular weight excluding hydrogens is 274 g/mol. The third-order valence-electron chi connectivity index (χ3n) is 2.50. The van der Waals surface area contributed by atoms with Crippen LogP contribution in [0.3, 0.4) is 0 Å². The highest BCUT2D eigenvalue weighted by Gasteiger charge is 2.09. The van der Waals surface area contributed by atoms with E-state index in [4.69, 9.17) is 10.00 Å². The van der Waals surface area contributed by atoms with Gasteiger partial charge in [0.2, 0.25) is 0 Å². The first-order valence-electron chi connectivity index (χ1n) is 5.82. The van der Waals surface area contributed by atoms with Gasteiger partial charge in [0.15, 0.2) is 0 Å². The maximum Gasteiger partial charge on any atom is 0.417 e. The Morgan fingerprint density at radius 1 is 1.24 bits per heavy atom. The Hall–Kier alpha value is -3.40. The van der Waals surface area contributed by atoms with E-state index < -0.39 is 11.0 Å². The van der Waals surface area contributed by atoms with Gasteiger partial charge in [-0.25, -0.2) is 4.79 Å². The third-order valence-corrected chi connectivity index (χ3v) is 2.50. The second-order valence-corrected chi connectivity index (χ2v) is 3.96. The number of hydrogen-bond donors (Lipinski definition) is 1. The number of nitro benzene ring substituents is 1. The van der Waals surface area contributed by atoms with Crippen LogP contribution in [0.5, 0.6) is 5.75 Å². The first-order valence-corrected chi connectivity index (χ1v) is 5.82. The Balaban J connectivity index is 2.02. The fourth-order valence-corrected chi connectivity index (χ4v) is 1.55. The zero-order valence-electron chi connectivity index (χ0n) is 10.6. The van der Waals surface area contributed by atoms with Gasteiger partial charge < -0.3 is 4.74 Å². The van der Waals surface area contributed by atoms with Crippen molar-refractivity contribution in [3.8, 4) is 11.8 Å². The van der Waals surface area contributed by atoms with Crippen LogP contribution in [0.2, 0.25) is 0 Å². The Morgan fingerprint density at radius 3 is 2.57 bits per heavy atom. The van der Waals surface area contributed by atoms with Gasteiger partial charge in [-0.15, -0.1) is 0 Å². The van der Waals surface area contributed by atoms with E-state index in [1.165, 1.54) is 48.5 Å². The van der Waals surface area contributed by atoms with Gasteiger partial charge in [-0.05, 0) is 30.3 Å². The predicted octanol–water partition coefficient (Wildman–Crippen LogP) is 3.08. The van der Waals surface area contributed by atoms with Crippen LogP contribution in [-0.4, -0.2) is 11.0 Å². The predicted molar refractivity (Wildman–Crippen MR) is 73.9 cm³/mol. The minimum absolute atomic E-state index is 0.133. The fourth-order valence-electron chi connectivity index (χ4n) is 1.55. The van der Waals surface area contributed by atoms with Crippen LogP contribution < -0.4 is 10.1 Å². The zero-order valence-corrected chi connectivity index (χ0v) is 10.6. The lowest BCUT2D eigenvalue weighted by Gasteiger charge is -2.06. The molecule has 0 atom stereocenters. The molecule has 0 aliphatic carbocycles. The summed E-state index contributed by atoms with van der Waals surface area (Å²) in [4.78, 5) is 21.7. The quantitative estimate of drug-likeness (QED) is 0.688. The Kier molecular flexibility index (Phi) is 4.11. The van der Waals surface area contributed by atoms with Crippen LogP contribution in [0, 0.1) is 21.4 Å². The Labute approximate surface area is 119 Å². The van der Waals surface area contributed by atoms with Gasteiger partial charge in [-0.2, -0.15) is 5.26 Å². The molecule has 0 radical (unpaired) electrons. The number of anilines is 1. The molecule has 2 aromatic rings. The standard InChI is InChI=1S/C14H9N3O4/c15-9-10-4-6-13(7-5-10)21-14(18)16-11-2-1-3-12(8-11)17(19)20/h1-8H,(H,16,18). The maximum atomic E-state index is 11.6. The molecule has 0 aliphatic rings. The number of benzene rings is 2. The van der Waals surface area contributed by atoms with Crippen LogP contribution in [0.15, 0.2) is 48.5 Å². The number of carbonyl (C=O) groups excluding carboxylic acids is 1. The number of ether oxygens (including phenoxy) is 1. The monoisotopic (exact) mass is 283 g/mol. The van der Waals surface area contributed by atoms with Gasteiger partial charge in [0, 0.05) is 12.1 Å². The van der Waals surface area contributed by atoms with Gasteiger partial charge >= 0.3 is 6.09 Å². The number of amides is 1. The molecule has 1 N–H and O–H groups in total. The summed E-state index contributed by atoms with van der Waals surface area (Å²) in [6, 6.07) is 13.4. The van der Waals surface area contributed by atoms with Crippen molar-refractivity contribution in [3.05, 3.63) is 64.2 Å². The molecule has 0 saturated carbocycles. The van der Waals surface area contributed by atoms with Crippen molar-refractivity contribution in [2.75, 3.05) is 5.32 Å². The molecule has 0 aromatic heterocycles. The SMILES string of the molecule is N#Cc1ccc(OC(=O)Nc2cccc([N+](=O)[O-])c2)cc1. The molecule has 0 bridgehead atoms. The Morgan fingerprint density at radius 2 is 1.95 bits per heavy atom. The summed E-state index contributed by atoms with van der Waals surface area (Å²) in [5.74, 6) is 0.261. The van der Waals surface area contributed by atoms with E-state index >= 15 is 0 Å². The van der Waals surface area contributed by atoms with Crippen LogP contribution in [0.4, 0.5) is 16.2 Å². The van der Waals surface area contributed by atoms with Gasteiger partial charge in [0.05, 0.1) is 22.2 Å². The van der Waals surface area contributed by atoms with Gasteiger partial charge in [0.1, 0.15) is 5.75 Å². The highest BCUT2D eigenvalue weighted by Crippen LogP contribution is 2.18. The van der Waals surface area contributed by atoms with E-state index in [1.807, 2.05) is 6.07 Å². The first-order chi connectivity index (χ1) is 10.1. The molecule has 0 aliphatic heterocycles. The molecule has 0 saturated heterocycles. The number of non-ortho nitro benzene ring substituents is 1. The van der Waals surface area contributed by atoms with Crippen molar-refractivity contribution in [3.63, 3.8) is 0 Å². The molecular formula is C14H9N3O4. The molecule has 2 aromatic carbocycles. The molecule has 0 heterocycles. The average Bonchev–Trinajstić information content (AvgIpc) is 2.48. The van der Waals surface area contributed by atoms with Crippen molar-refractivity contribution in [1.29, 1.82) is 5.26 Å². The van der Waals surface area contributed by atoms with E-state index in [9.17, 15) is 14.9 Å². The number of nitriles is 1. The maximum absolute atomic E-state index is 11.6. The van der Waals surface area contributed by atoms with E-state index in [0.29, 0.717) is 5.56 Å². The largest absolute Gasteiger partial charge is 0.417 e. The lowest BCUT2D eigenvalue weighted by atomic mass is 10.2. The number of nitro groups is 1. The molecule has 21 heavy (non-hydrogen) atoms. The van der Waals surface area contributed by atoms with Crippen molar-refractivity contribution >= 4 is 17.5 Å². The molecule has 7 nitrogen and oxygen atoms in total. The summed E-state index contributed by atoms with van der Waals surface area (Å²) in [5, 5.41) is 21.7. The van der Waals surface area contributed by atoms with E-state index in [0.717, 1.165) is 0 Å². The van der Waals surface area contributed by atoms with Gasteiger partial charge in [-0.1, -0.05) is 6.07 Å². The first kappa shape index (κ1) is 14.0. The van der Waals surface area contributed by atoms with Gasteiger partial charge in [0.25, 0.3) is 5.69 Å². The second kappa shape index (κ2) is 6.16. The molecule has 0 spiro atoms. The summed E-state index contributed by atoms with van der Waals surface area (Å²) in [6.45, 7) is 0. The normalized spacial score (nSPS) is 9.48. The zero-order chi connectivity index (χ0) is 15.2. The lowest BCUT2D eigenvalue weighted by Crippen LogP contribution is -2.16. The van der Waals surface area contributed by atoms with Crippen LogP contribution in [-0.2, 0) is 0 Å². The lowest BCUT2D eigenvalue weighted by molar-refractivity contribution is -0.384. The molecule has 104 valence electrons. The highest BCUT2D eigenvalue weighted by atomic mass is 16.6. The van der Waals surface area contributed by atoms with Crippen molar-refractivity contribution < 1.29 is 14.5 Å². The summed E-state index contributed by atoms with van der Waals surface area (Å²) < 4.78 is 4.99. The smallest absolute Gasteiger partial charge is 0.410 e. The summed E-state index contributed by atoms with van der Waals surface area (Å²) in [5.41, 5.74) is 0.565. The highest BCUT2D eigenvalue weighted by molar-refractivity contribution is 5.86. The van der Waals surface area contributed by atoms with E-state index in [1.54, 1.807) is 0 Å². The number of nitrogens with zero attached hydrogens (tertiary/aromatic N) is 2. The fraction of sp³-hybridized carbons (Fsp3) is 0.